The molecule has 0 bridgehead atoms. The number of alkyl halides is 1. The topological polar surface area (TPSA) is 0 Å². The first-order valence-corrected chi connectivity index (χ1v) is 5.60. The van der Waals surface area contributed by atoms with Gasteiger partial charge in [-0.2, -0.15) is 0 Å². The average Bonchev–Trinajstić information content (AvgIpc) is 1.85. The van der Waals surface area contributed by atoms with Gasteiger partial charge in [-0.15, -0.1) is 0 Å². The Morgan fingerprint density at radius 3 is 3.43 bits per heavy atom. The summed E-state index contributed by atoms with van der Waals surface area (Å²) >= 11 is 1.78. The summed E-state index contributed by atoms with van der Waals surface area (Å²) < 4.78 is 36.4. The zero-order valence-corrected chi connectivity index (χ0v) is 7.78. The third kappa shape index (κ3) is 7.25. The molecule has 0 aromatic heterocycles. The summed E-state index contributed by atoms with van der Waals surface area (Å²) in [4.78, 5) is 0. The third-order valence-corrected chi connectivity index (χ3v) is 2.55. The van der Waals surface area contributed by atoms with Crippen LogP contribution >= 0.6 is 22.6 Å². The summed E-state index contributed by atoms with van der Waals surface area (Å²) in [6, 6.07) is 0. The Bertz CT molecular complexity index is 134. The van der Waals surface area contributed by atoms with E-state index in [4.69, 9.17) is 6.85 Å². The van der Waals surface area contributed by atoms with Crippen molar-refractivity contribution >= 4 is 37.5 Å². The second kappa shape index (κ2) is 7.25. The Morgan fingerprint density at radius 2 is 2.86 bits per heavy atom. The van der Waals surface area contributed by atoms with Gasteiger partial charge >= 0.3 is 72.7 Å². The van der Waals surface area contributed by atoms with Gasteiger partial charge in [-0.25, -0.2) is 0 Å². The molecule has 0 aliphatic heterocycles. The molecule has 0 saturated heterocycles. The number of hydrogen-bond donors (Lipinski definition) is 0. The van der Waals surface area contributed by atoms with Crippen LogP contribution in [0.15, 0.2) is 0 Å². The van der Waals surface area contributed by atoms with Gasteiger partial charge in [0.2, 0.25) is 0 Å². The van der Waals surface area contributed by atoms with E-state index < -0.39 is 27.1 Å². The molecule has 44 valence electrons. The first-order valence-electron chi connectivity index (χ1n) is 4.51. The fraction of sp³-hybridized carbons (Fsp3) is 1.00. The zero-order valence-electron chi connectivity index (χ0n) is 8.91. The zero-order chi connectivity index (χ0) is 9.83. The molecule has 0 N–H and O–H groups in total. The molecule has 0 amide bonds. The molecule has 0 aliphatic rings. The van der Waals surface area contributed by atoms with E-state index in [-0.39, 0.29) is 0 Å². The molecular formula is C5H11ISe. The number of rotatable bonds is 4. The first-order chi connectivity index (χ1) is 5.31. The van der Waals surface area contributed by atoms with Gasteiger partial charge in [0.25, 0.3) is 0 Å². The van der Waals surface area contributed by atoms with E-state index in [0.29, 0.717) is 5.32 Å². The van der Waals surface area contributed by atoms with Crippen LogP contribution in [0.25, 0.3) is 0 Å². The minimum absolute atomic E-state index is 0.427. The Kier molecular flexibility index (Phi) is 2.99. The number of halogens is 1. The molecule has 0 spiro atoms. The van der Waals surface area contributed by atoms with Crippen molar-refractivity contribution in [3.63, 3.8) is 0 Å². The molecule has 0 nitrogen and oxygen atoms in total. The van der Waals surface area contributed by atoms with Crippen molar-refractivity contribution < 1.29 is 6.85 Å². The quantitative estimate of drug-likeness (QED) is 0.321. The van der Waals surface area contributed by atoms with Gasteiger partial charge in [0, 0.05) is 0 Å². The maximum absolute atomic E-state index is 7.29. The molecule has 0 fully saturated rings. The van der Waals surface area contributed by atoms with E-state index in [1.165, 1.54) is 0 Å². The SMILES string of the molecule is [2H]C([2H])([2H])C([2H])([2H])[Se]CCCI. The van der Waals surface area contributed by atoms with E-state index in [0.717, 1.165) is 10.8 Å². The van der Waals surface area contributed by atoms with Gasteiger partial charge in [-0.3, -0.25) is 0 Å². The van der Waals surface area contributed by atoms with Crippen molar-refractivity contribution in [1.82, 2.24) is 0 Å². The normalized spacial score (nSPS) is 23.9. The molecule has 7 heavy (non-hydrogen) atoms. The van der Waals surface area contributed by atoms with Crippen LogP contribution in [0, 0.1) is 0 Å². The summed E-state index contributed by atoms with van der Waals surface area (Å²) in [6.07, 6.45) is 0.913. The molecule has 0 aliphatic carbocycles. The van der Waals surface area contributed by atoms with Crippen molar-refractivity contribution in [2.75, 3.05) is 4.43 Å². The van der Waals surface area contributed by atoms with Gasteiger partial charge in [-0.05, 0) is 0 Å². The standard InChI is InChI=1S/C5H11ISe/c1-2-7-5-3-4-6/h2-5H2,1H3/i1D3,2D2. The molecule has 0 heterocycles. The van der Waals surface area contributed by atoms with Crippen molar-refractivity contribution in [2.24, 2.45) is 0 Å². The monoisotopic (exact) mass is 283 g/mol. The van der Waals surface area contributed by atoms with Gasteiger partial charge in [0.15, 0.2) is 0 Å². The van der Waals surface area contributed by atoms with Crippen LogP contribution in [0.2, 0.25) is 10.6 Å². The van der Waals surface area contributed by atoms with Crippen LogP contribution in [0.4, 0.5) is 0 Å². The Labute approximate surface area is 72.8 Å². The second-order valence-electron chi connectivity index (χ2n) is 0.993. The molecule has 0 saturated carbocycles. The van der Waals surface area contributed by atoms with Gasteiger partial charge < -0.3 is 0 Å². The van der Waals surface area contributed by atoms with Gasteiger partial charge in [-0.1, -0.05) is 0 Å². The molecule has 0 radical (unpaired) electrons. The third-order valence-electron chi connectivity index (χ3n) is 0.452. The predicted molar refractivity (Wildman–Crippen MR) is 44.5 cm³/mol. The van der Waals surface area contributed by atoms with Crippen molar-refractivity contribution in [1.29, 1.82) is 0 Å². The van der Waals surface area contributed by atoms with Gasteiger partial charge in [0.05, 0.1) is 0 Å². The van der Waals surface area contributed by atoms with Crippen molar-refractivity contribution in [3.05, 3.63) is 0 Å². The molecule has 2 heteroatoms. The van der Waals surface area contributed by atoms with Crippen LogP contribution in [-0.2, 0) is 0 Å². The van der Waals surface area contributed by atoms with Crippen molar-refractivity contribution in [3.8, 4) is 0 Å². The van der Waals surface area contributed by atoms with Gasteiger partial charge in [0.1, 0.15) is 0 Å². The second-order valence-corrected chi connectivity index (χ2v) is 3.96. The van der Waals surface area contributed by atoms with Crippen LogP contribution < -0.4 is 0 Å². The van der Waals surface area contributed by atoms with Crippen LogP contribution in [0.3, 0.4) is 0 Å². The summed E-state index contributed by atoms with van der Waals surface area (Å²) in [5, 5.41) is -1.24. The first kappa shape index (κ1) is 2.89. The average molecular weight is 282 g/mol. The van der Waals surface area contributed by atoms with E-state index in [2.05, 4.69) is 22.6 Å². The fourth-order valence-electron chi connectivity index (χ4n) is 0.178. The minimum atomic E-state index is -2.45. The van der Waals surface area contributed by atoms with Crippen LogP contribution in [0.5, 0.6) is 0 Å². The van der Waals surface area contributed by atoms with E-state index in [9.17, 15) is 0 Å². The van der Waals surface area contributed by atoms with Crippen LogP contribution in [0.1, 0.15) is 20.1 Å². The molecular weight excluding hydrogens is 266 g/mol. The molecule has 0 rings (SSSR count). The Balaban J connectivity index is 3.88. The Morgan fingerprint density at radius 1 is 2.00 bits per heavy atom. The van der Waals surface area contributed by atoms with Crippen LogP contribution in [-0.4, -0.2) is 19.4 Å². The van der Waals surface area contributed by atoms with E-state index in [1.807, 2.05) is 0 Å². The van der Waals surface area contributed by atoms with E-state index in [1.54, 1.807) is 0 Å². The summed E-state index contributed by atoms with van der Waals surface area (Å²) in [7, 11) is 0. The molecule has 0 unspecified atom stereocenters. The summed E-state index contributed by atoms with van der Waals surface area (Å²) in [6.45, 7) is -2.45. The van der Waals surface area contributed by atoms with E-state index >= 15 is 0 Å². The molecule has 0 aromatic carbocycles. The molecule has 0 aromatic rings. The number of hydrogen-bond acceptors (Lipinski definition) is 0. The Hall–Kier alpha value is 1.25. The molecule has 0 atom stereocenters. The maximum atomic E-state index is 7.29. The fourth-order valence-corrected chi connectivity index (χ4v) is 2.54. The van der Waals surface area contributed by atoms with Crippen molar-refractivity contribution in [2.45, 2.75) is 23.9 Å². The predicted octanol–water partition coefficient (Wildman–Crippen LogP) is 2.37. The summed E-state index contributed by atoms with van der Waals surface area (Å²) in [5.74, 6) is 0. The summed E-state index contributed by atoms with van der Waals surface area (Å²) in [5.41, 5.74) is 0.